The summed E-state index contributed by atoms with van der Waals surface area (Å²) in [6.07, 6.45) is 9.26. The number of fused-ring (bicyclic) bond motifs is 1. The van der Waals surface area contributed by atoms with Crippen molar-refractivity contribution in [2.24, 2.45) is 16.8 Å². The molecule has 1 aromatic heterocycles. The van der Waals surface area contributed by atoms with E-state index in [0.717, 1.165) is 69.7 Å². The van der Waals surface area contributed by atoms with Crippen molar-refractivity contribution in [3.05, 3.63) is 59.4 Å². The van der Waals surface area contributed by atoms with Crippen LogP contribution in [0.5, 0.6) is 0 Å². The Hall–Kier alpha value is -3.10. The predicted molar refractivity (Wildman–Crippen MR) is 162 cm³/mol. The monoisotopic (exact) mass is 559 g/mol. The molecule has 41 heavy (non-hydrogen) atoms. The van der Waals surface area contributed by atoms with Gasteiger partial charge in [-0.3, -0.25) is 19.5 Å². The molecule has 1 saturated heterocycles. The third-order valence-corrected chi connectivity index (χ3v) is 9.03. The van der Waals surface area contributed by atoms with E-state index in [1.807, 2.05) is 27.7 Å². The SMILES string of the molecule is CC(C)NC(=O)C1CCC(N2C(=NC(=O)c3cccnc3)Cc3ccc(CN4CCC(C(C)(C)O)CC4)cc32)CC1. The van der Waals surface area contributed by atoms with Crippen LogP contribution in [0, 0.1) is 11.8 Å². The lowest BCUT2D eigenvalue weighted by Gasteiger charge is -2.38. The van der Waals surface area contributed by atoms with Crippen molar-refractivity contribution in [2.45, 2.75) is 96.9 Å². The number of amides is 2. The number of aliphatic hydroxyl groups is 1. The molecule has 3 heterocycles. The molecular weight excluding hydrogens is 514 g/mol. The summed E-state index contributed by atoms with van der Waals surface area (Å²) in [4.78, 5) is 39.3. The van der Waals surface area contributed by atoms with E-state index in [0.29, 0.717) is 17.9 Å². The van der Waals surface area contributed by atoms with Gasteiger partial charge in [0.15, 0.2) is 0 Å². The maximum atomic E-state index is 13.1. The number of carbonyl (C=O) groups is 2. The number of rotatable bonds is 7. The number of amidine groups is 1. The Morgan fingerprint density at radius 2 is 1.83 bits per heavy atom. The first-order chi connectivity index (χ1) is 19.6. The summed E-state index contributed by atoms with van der Waals surface area (Å²) in [6.45, 7) is 10.7. The Labute approximate surface area is 244 Å². The molecule has 5 rings (SSSR count). The van der Waals surface area contributed by atoms with E-state index in [1.165, 1.54) is 11.1 Å². The van der Waals surface area contributed by atoms with Gasteiger partial charge in [-0.05, 0) is 115 Å². The van der Waals surface area contributed by atoms with E-state index in [2.05, 4.69) is 43.3 Å². The number of benzene rings is 1. The molecule has 1 aromatic carbocycles. The molecule has 2 aliphatic heterocycles. The van der Waals surface area contributed by atoms with Gasteiger partial charge in [-0.2, -0.15) is 4.99 Å². The summed E-state index contributed by atoms with van der Waals surface area (Å²) in [5.41, 5.74) is 3.44. The Balaban J connectivity index is 1.35. The van der Waals surface area contributed by atoms with Crippen molar-refractivity contribution in [3.8, 4) is 0 Å². The Morgan fingerprint density at radius 1 is 1.10 bits per heavy atom. The number of aliphatic imine (C=N–C) groups is 1. The van der Waals surface area contributed by atoms with Crippen molar-refractivity contribution >= 4 is 23.3 Å². The molecule has 0 spiro atoms. The minimum Gasteiger partial charge on any atom is -0.390 e. The third kappa shape index (κ3) is 7.04. The van der Waals surface area contributed by atoms with Gasteiger partial charge in [-0.25, -0.2) is 0 Å². The number of hydrogen-bond donors (Lipinski definition) is 2. The maximum absolute atomic E-state index is 13.1. The fourth-order valence-electron chi connectivity index (χ4n) is 6.70. The molecule has 1 saturated carbocycles. The van der Waals surface area contributed by atoms with Gasteiger partial charge in [0.05, 0.1) is 11.2 Å². The lowest BCUT2D eigenvalue weighted by atomic mass is 9.83. The molecule has 2 amide bonds. The molecule has 0 unspecified atom stereocenters. The standard InChI is InChI=1S/C33H45N5O3/c1-22(2)35-31(39)24-9-11-28(12-10-24)38-29-18-23(21-37-16-13-27(14-17-37)33(3,4)41)7-8-25(29)19-30(38)36-32(40)26-6-5-15-34-20-26/h5-8,15,18,20,22,24,27-28,41H,9-14,16-17,19,21H2,1-4H3,(H,35,39). The summed E-state index contributed by atoms with van der Waals surface area (Å²) in [6, 6.07) is 10.5. The van der Waals surface area contributed by atoms with Crippen molar-refractivity contribution in [3.63, 3.8) is 0 Å². The van der Waals surface area contributed by atoms with E-state index in [1.54, 1.807) is 24.5 Å². The first-order valence-corrected chi connectivity index (χ1v) is 15.3. The number of likely N-dealkylation sites (tertiary alicyclic amines) is 1. The minimum atomic E-state index is -0.627. The second kappa shape index (κ2) is 12.4. The zero-order chi connectivity index (χ0) is 29.1. The first-order valence-electron chi connectivity index (χ1n) is 15.3. The molecule has 2 N–H and O–H groups in total. The molecule has 2 fully saturated rings. The molecule has 3 aliphatic rings. The number of anilines is 1. The highest BCUT2D eigenvalue weighted by Gasteiger charge is 2.37. The summed E-state index contributed by atoms with van der Waals surface area (Å²) < 4.78 is 0. The van der Waals surface area contributed by atoms with E-state index in [-0.39, 0.29) is 29.8 Å². The van der Waals surface area contributed by atoms with Gasteiger partial charge >= 0.3 is 0 Å². The Bertz CT molecular complexity index is 1250. The van der Waals surface area contributed by atoms with Crippen molar-refractivity contribution < 1.29 is 14.7 Å². The van der Waals surface area contributed by atoms with Crippen LogP contribution in [-0.2, 0) is 17.8 Å². The van der Waals surface area contributed by atoms with Crippen LogP contribution >= 0.6 is 0 Å². The fourth-order valence-corrected chi connectivity index (χ4v) is 6.70. The second-order valence-electron chi connectivity index (χ2n) is 13.0. The van der Waals surface area contributed by atoms with Gasteiger partial charge in [0.25, 0.3) is 5.91 Å². The van der Waals surface area contributed by atoms with E-state index < -0.39 is 5.60 Å². The molecule has 0 atom stereocenters. The van der Waals surface area contributed by atoms with Gasteiger partial charge in [-0.15, -0.1) is 0 Å². The lowest BCUT2D eigenvalue weighted by Crippen LogP contribution is -2.44. The predicted octanol–water partition coefficient (Wildman–Crippen LogP) is 4.75. The topological polar surface area (TPSA) is 98.1 Å². The number of nitrogens with one attached hydrogen (secondary N) is 1. The summed E-state index contributed by atoms with van der Waals surface area (Å²) >= 11 is 0. The molecule has 8 nitrogen and oxygen atoms in total. The number of pyridine rings is 1. The zero-order valence-electron chi connectivity index (χ0n) is 25.0. The molecular formula is C33H45N5O3. The van der Waals surface area contributed by atoms with Crippen LogP contribution in [-0.4, -0.2) is 63.4 Å². The molecule has 2 aromatic rings. The largest absolute Gasteiger partial charge is 0.390 e. The van der Waals surface area contributed by atoms with Crippen LogP contribution in [0.2, 0.25) is 0 Å². The van der Waals surface area contributed by atoms with Gasteiger partial charge in [0.2, 0.25) is 5.91 Å². The summed E-state index contributed by atoms with van der Waals surface area (Å²) in [5.74, 6) is 1.03. The van der Waals surface area contributed by atoms with Crippen molar-refractivity contribution in [1.82, 2.24) is 15.2 Å². The second-order valence-corrected chi connectivity index (χ2v) is 13.0. The average molecular weight is 560 g/mol. The molecule has 8 heteroatoms. The van der Waals surface area contributed by atoms with E-state index in [9.17, 15) is 14.7 Å². The van der Waals surface area contributed by atoms with E-state index >= 15 is 0 Å². The molecule has 0 bridgehead atoms. The number of hydrogen-bond acceptors (Lipinski definition) is 5. The van der Waals surface area contributed by atoms with Gasteiger partial charge in [-0.1, -0.05) is 12.1 Å². The highest BCUT2D eigenvalue weighted by Crippen LogP contribution is 2.38. The van der Waals surface area contributed by atoms with Crippen molar-refractivity contribution in [2.75, 3.05) is 18.0 Å². The zero-order valence-corrected chi connectivity index (χ0v) is 25.0. The number of aromatic nitrogens is 1. The fraction of sp³-hybridized carbons (Fsp3) is 0.576. The van der Waals surface area contributed by atoms with Crippen LogP contribution in [0.3, 0.4) is 0 Å². The van der Waals surface area contributed by atoms with Crippen LogP contribution in [0.25, 0.3) is 0 Å². The quantitative estimate of drug-likeness (QED) is 0.508. The number of nitrogens with zero attached hydrogens (tertiary/aromatic N) is 4. The third-order valence-electron chi connectivity index (χ3n) is 9.03. The van der Waals surface area contributed by atoms with Crippen LogP contribution in [0.4, 0.5) is 5.69 Å². The Morgan fingerprint density at radius 3 is 2.46 bits per heavy atom. The normalized spacial score (nSPS) is 23.2. The first kappa shape index (κ1) is 29.4. The van der Waals surface area contributed by atoms with Gasteiger partial charge in [0.1, 0.15) is 5.84 Å². The highest BCUT2D eigenvalue weighted by molar-refractivity contribution is 6.12. The van der Waals surface area contributed by atoms with Crippen LogP contribution in [0.15, 0.2) is 47.7 Å². The summed E-state index contributed by atoms with van der Waals surface area (Å²) in [7, 11) is 0. The summed E-state index contributed by atoms with van der Waals surface area (Å²) in [5, 5.41) is 13.5. The van der Waals surface area contributed by atoms with E-state index in [4.69, 9.17) is 0 Å². The number of piperidine rings is 1. The molecule has 0 radical (unpaired) electrons. The van der Waals surface area contributed by atoms with Crippen LogP contribution in [0.1, 0.15) is 87.7 Å². The highest BCUT2D eigenvalue weighted by atomic mass is 16.3. The minimum absolute atomic E-state index is 0.0336. The average Bonchev–Trinajstić information content (AvgIpc) is 3.30. The maximum Gasteiger partial charge on any atom is 0.280 e. The van der Waals surface area contributed by atoms with Gasteiger partial charge < -0.3 is 15.3 Å². The van der Waals surface area contributed by atoms with Crippen molar-refractivity contribution in [1.29, 1.82) is 0 Å². The molecule has 1 aliphatic carbocycles. The number of carbonyl (C=O) groups excluding carboxylic acids is 2. The lowest BCUT2D eigenvalue weighted by molar-refractivity contribution is -0.126. The Kier molecular flexibility index (Phi) is 8.90. The van der Waals surface area contributed by atoms with Gasteiger partial charge in [0, 0.05) is 49.0 Å². The smallest absolute Gasteiger partial charge is 0.280 e. The van der Waals surface area contributed by atoms with Crippen LogP contribution < -0.4 is 10.2 Å². The molecule has 220 valence electrons.